The molecular weight excluding hydrogens is 436 g/mol. The van der Waals surface area contributed by atoms with Gasteiger partial charge in [-0.05, 0) is 45.8 Å². The Labute approximate surface area is 195 Å². The van der Waals surface area contributed by atoms with E-state index in [0.717, 1.165) is 21.5 Å². The van der Waals surface area contributed by atoms with Crippen LogP contribution in [0.2, 0.25) is 0 Å². The van der Waals surface area contributed by atoms with Crippen molar-refractivity contribution in [3.05, 3.63) is 96.1 Å². The molecule has 1 saturated heterocycles. The maximum atomic E-state index is 12.8. The number of aliphatic hydroxyl groups excluding tert-OH is 1. The van der Waals surface area contributed by atoms with Gasteiger partial charge in [-0.15, -0.1) is 11.8 Å². The lowest BCUT2D eigenvalue weighted by Gasteiger charge is -2.19. The van der Waals surface area contributed by atoms with Gasteiger partial charge in [0.1, 0.15) is 18.1 Å². The molecule has 1 fully saturated rings. The minimum absolute atomic E-state index is 0.0447. The predicted octanol–water partition coefficient (Wildman–Crippen LogP) is 5.20. The van der Waals surface area contributed by atoms with Gasteiger partial charge in [0.15, 0.2) is 0 Å². The molecule has 0 aliphatic carbocycles. The molecule has 4 aromatic rings. The van der Waals surface area contributed by atoms with Gasteiger partial charge >= 0.3 is 11.9 Å². The fraction of sp³-hybridized carbons (Fsp3) is 0.185. The van der Waals surface area contributed by atoms with Gasteiger partial charge in [0.2, 0.25) is 0 Å². The van der Waals surface area contributed by atoms with Gasteiger partial charge in [0.05, 0.1) is 16.4 Å². The summed E-state index contributed by atoms with van der Waals surface area (Å²) >= 11 is 1.25. The van der Waals surface area contributed by atoms with E-state index in [1.54, 1.807) is 24.3 Å². The number of esters is 2. The molecule has 5 nitrogen and oxygen atoms in total. The zero-order valence-electron chi connectivity index (χ0n) is 17.7. The second-order valence-electron chi connectivity index (χ2n) is 8.03. The molecule has 0 saturated carbocycles. The van der Waals surface area contributed by atoms with Crippen molar-refractivity contribution in [2.24, 2.45) is 0 Å². The number of aliphatic hydroxyl groups is 1. The lowest BCUT2D eigenvalue weighted by molar-refractivity contribution is 0.0178. The molecule has 3 atom stereocenters. The number of carbonyl (C=O) groups excluding carboxylic acids is 2. The lowest BCUT2D eigenvalue weighted by Crippen LogP contribution is -2.29. The van der Waals surface area contributed by atoms with E-state index in [9.17, 15) is 14.7 Å². The standard InChI is InChI=1S/C27H22O5S/c28-25-15-23(32-27(30)22-12-10-18-6-2-4-8-20(18)14-22)24(33-25)16-31-26(29)21-11-9-17-5-1-3-7-19(17)13-21/h1-14,23-25,28H,15-16H2/t23-,24-,25?/m0/s1. The van der Waals surface area contributed by atoms with Crippen LogP contribution in [0.3, 0.4) is 0 Å². The van der Waals surface area contributed by atoms with Crippen LogP contribution in [0.4, 0.5) is 0 Å². The van der Waals surface area contributed by atoms with E-state index in [2.05, 4.69) is 0 Å². The van der Waals surface area contributed by atoms with Crippen molar-refractivity contribution in [3.8, 4) is 0 Å². The molecule has 0 bridgehead atoms. The first-order valence-electron chi connectivity index (χ1n) is 10.8. The van der Waals surface area contributed by atoms with Gasteiger partial charge in [-0.3, -0.25) is 0 Å². The highest BCUT2D eigenvalue weighted by atomic mass is 32.2. The van der Waals surface area contributed by atoms with Gasteiger partial charge in [0.25, 0.3) is 0 Å². The Bertz CT molecular complexity index is 1330. The zero-order chi connectivity index (χ0) is 22.8. The number of carbonyl (C=O) groups is 2. The summed E-state index contributed by atoms with van der Waals surface area (Å²) in [6, 6.07) is 26.4. The van der Waals surface area contributed by atoms with Crippen LogP contribution in [-0.4, -0.2) is 40.4 Å². The summed E-state index contributed by atoms with van der Waals surface area (Å²) in [4.78, 5) is 25.4. The molecule has 1 heterocycles. The van der Waals surface area contributed by atoms with Gasteiger partial charge in [-0.2, -0.15) is 0 Å². The van der Waals surface area contributed by atoms with Crippen molar-refractivity contribution < 1.29 is 24.2 Å². The van der Waals surface area contributed by atoms with E-state index in [4.69, 9.17) is 9.47 Å². The van der Waals surface area contributed by atoms with Crippen molar-refractivity contribution in [1.82, 2.24) is 0 Å². The SMILES string of the molecule is O=C(OC[C@@H]1SC(O)C[C@@H]1OC(=O)c1ccc2ccccc2c1)c1ccc2ccccc2c1. The highest BCUT2D eigenvalue weighted by molar-refractivity contribution is 8.00. The molecule has 33 heavy (non-hydrogen) atoms. The van der Waals surface area contributed by atoms with Gasteiger partial charge in [0, 0.05) is 6.42 Å². The summed E-state index contributed by atoms with van der Waals surface area (Å²) in [6.45, 7) is 0.0447. The van der Waals surface area contributed by atoms with E-state index >= 15 is 0 Å². The highest BCUT2D eigenvalue weighted by Gasteiger charge is 2.38. The lowest BCUT2D eigenvalue weighted by atomic mass is 10.1. The summed E-state index contributed by atoms with van der Waals surface area (Å²) in [5.74, 6) is -0.895. The molecule has 1 unspecified atom stereocenters. The van der Waals surface area contributed by atoms with Crippen LogP contribution in [0.5, 0.6) is 0 Å². The highest BCUT2D eigenvalue weighted by Crippen LogP contribution is 2.35. The fourth-order valence-corrected chi connectivity index (χ4v) is 5.24. The Morgan fingerprint density at radius 3 is 1.94 bits per heavy atom. The van der Waals surface area contributed by atoms with Gasteiger partial charge in [-0.25, -0.2) is 9.59 Å². The largest absolute Gasteiger partial charge is 0.461 e. The third-order valence-electron chi connectivity index (χ3n) is 5.79. The first-order valence-corrected chi connectivity index (χ1v) is 11.7. The minimum Gasteiger partial charge on any atom is -0.461 e. The molecule has 4 aromatic carbocycles. The zero-order valence-corrected chi connectivity index (χ0v) is 18.5. The van der Waals surface area contributed by atoms with Crippen LogP contribution in [0, 0.1) is 0 Å². The molecule has 1 aliphatic heterocycles. The second kappa shape index (κ2) is 9.25. The van der Waals surface area contributed by atoms with Crippen molar-refractivity contribution in [1.29, 1.82) is 0 Å². The molecule has 0 spiro atoms. The normalized spacial score (nSPS) is 20.1. The third-order valence-corrected chi connectivity index (χ3v) is 7.08. The van der Waals surface area contributed by atoms with E-state index in [1.165, 1.54) is 11.8 Å². The van der Waals surface area contributed by atoms with Crippen LogP contribution in [-0.2, 0) is 9.47 Å². The Balaban J connectivity index is 1.24. The fourth-order valence-electron chi connectivity index (χ4n) is 4.05. The Morgan fingerprint density at radius 2 is 1.33 bits per heavy atom. The average molecular weight is 459 g/mol. The van der Waals surface area contributed by atoms with E-state index < -0.39 is 23.5 Å². The first-order chi connectivity index (χ1) is 16.1. The predicted molar refractivity (Wildman–Crippen MR) is 129 cm³/mol. The van der Waals surface area contributed by atoms with E-state index in [1.807, 2.05) is 60.7 Å². The van der Waals surface area contributed by atoms with Gasteiger partial charge in [-0.1, -0.05) is 60.7 Å². The van der Waals surface area contributed by atoms with Crippen LogP contribution in [0.15, 0.2) is 84.9 Å². The number of fused-ring (bicyclic) bond motifs is 2. The van der Waals surface area contributed by atoms with Crippen molar-refractivity contribution in [2.75, 3.05) is 6.61 Å². The van der Waals surface area contributed by atoms with Crippen molar-refractivity contribution in [3.63, 3.8) is 0 Å². The van der Waals surface area contributed by atoms with Gasteiger partial charge < -0.3 is 14.6 Å². The Kier molecular flexibility index (Phi) is 6.03. The maximum absolute atomic E-state index is 12.8. The Morgan fingerprint density at radius 1 is 0.788 bits per heavy atom. The summed E-state index contributed by atoms with van der Waals surface area (Å²) in [5.41, 5.74) is 0.234. The minimum atomic E-state index is -0.677. The monoisotopic (exact) mass is 458 g/mol. The third kappa shape index (κ3) is 4.72. The average Bonchev–Trinajstić information content (AvgIpc) is 3.20. The quantitative estimate of drug-likeness (QED) is 0.415. The van der Waals surface area contributed by atoms with Crippen LogP contribution < -0.4 is 0 Å². The number of thioether (sulfide) groups is 1. The van der Waals surface area contributed by atoms with E-state index in [0.29, 0.717) is 17.5 Å². The van der Waals surface area contributed by atoms with Crippen molar-refractivity contribution in [2.45, 2.75) is 23.2 Å². The summed E-state index contributed by atoms with van der Waals surface area (Å²) < 4.78 is 11.2. The number of hydrogen-bond acceptors (Lipinski definition) is 6. The van der Waals surface area contributed by atoms with E-state index in [-0.39, 0.29) is 11.9 Å². The molecule has 5 rings (SSSR count). The molecule has 0 radical (unpaired) electrons. The molecule has 6 heteroatoms. The number of hydrogen-bond donors (Lipinski definition) is 1. The van der Waals surface area contributed by atoms with Crippen LogP contribution >= 0.6 is 11.8 Å². The topological polar surface area (TPSA) is 72.8 Å². The molecule has 166 valence electrons. The number of rotatable bonds is 5. The molecule has 0 aromatic heterocycles. The molecule has 1 N–H and O–H groups in total. The summed E-state index contributed by atoms with van der Waals surface area (Å²) in [6.07, 6.45) is -0.254. The molecule has 0 amide bonds. The Hall–Kier alpha value is -3.35. The number of ether oxygens (including phenoxy) is 2. The van der Waals surface area contributed by atoms with Crippen LogP contribution in [0.25, 0.3) is 21.5 Å². The molecule has 1 aliphatic rings. The first kappa shape index (κ1) is 21.5. The molecular formula is C27H22O5S. The summed E-state index contributed by atoms with van der Waals surface area (Å²) in [7, 11) is 0. The summed E-state index contributed by atoms with van der Waals surface area (Å²) in [5, 5.41) is 13.8. The maximum Gasteiger partial charge on any atom is 0.338 e. The van der Waals surface area contributed by atoms with Crippen LogP contribution in [0.1, 0.15) is 27.1 Å². The van der Waals surface area contributed by atoms with Crippen molar-refractivity contribution >= 4 is 45.2 Å². The smallest absolute Gasteiger partial charge is 0.338 e. The number of benzene rings is 4. The second-order valence-corrected chi connectivity index (χ2v) is 9.45.